The molecule has 0 aliphatic rings. The van der Waals surface area contributed by atoms with Crippen molar-refractivity contribution in [2.75, 3.05) is 11.9 Å². The summed E-state index contributed by atoms with van der Waals surface area (Å²) in [5, 5.41) is 7.41. The van der Waals surface area contributed by atoms with Crippen molar-refractivity contribution >= 4 is 81.0 Å². The quantitative estimate of drug-likeness (QED) is 0.229. The van der Waals surface area contributed by atoms with E-state index in [1.165, 1.54) is 42.5 Å². The maximum Gasteiger partial charge on any atom is 0.411 e. The van der Waals surface area contributed by atoms with E-state index in [-0.39, 0.29) is 60.5 Å². The number of carbonyl (C=O) groups is 3. The number of carbonyl (C=O) groups excluding carboxylic acids is 3. The molecule has 12 heteroatoms. The second-order valence-corrected chi connectivity index (χ2v) is 10.1. The average Bonchev–Trinajstić information content (AvgIpc) is 3.20. The number of benzene rings is 3. The summed E-state index contributed by atoms with van der Waals surface area (Å²) < 4.78 is 11.7. The van der Waals surface area contributed by atoms with Crippen molar-refractivity contribution in [1.82, 2.24) is 9.78 Å². The number of anilines is 1. The third kappa shape index (κ3) is 5.89. The van der Waals surface area contributed by atoms with Crippen LogP contribution in [0.3, 0.4) is 0 Å². The molecule has 38 heavy (non-hydrogen) atoms. The normalized spacial score (nSPS) is 11.0. The molecule has 3 aromatic carbocycles. The van der Waals surface area contributed by atoms with Gasteiger partial charge in [-0.15, -0.1) is 5.10 Å². The molecule has 1 N–H and O–H groups in total. The van der Waals surface area contributed by atoms with Crippen molar-refractivity contribution in [3.63, 3.8) is 0 Å². The number of nitrogens with one attached hydrogen (secondary N) is 1. The van der Waals surface area contributed by atoms with E-state index in [0.29, 0.717) is 5.69 Å². The summed E-state index contributed by atoms with van der Waals surface area (Å²) in [5.41, 5.74) is 0.486. The van der Waals surface area contributed by atoms with Crippen molar-refractivity contribution in [2.24, 2.45) is 5.92 Å². The van der Waals surface area contributed by atoms with E-state index in [0.717, 1.165) is 4.68 Å². The van der Waals surface area contributed by atoms with Gasteiger partial charge in [0.1, 0.15) is 0 Å². The molecule has 1 amide bonds. The third-order valence-electron chi connectivity index (χ3n) is 5.17. The highest BCUT2D eigenvalue weighted by Crippen LogP contribution is 2.33. The van der Waals surface area contributed by atoms with Crippen LogP contribution in [0.4, 0.5) is 10.5 Å². The van der Waals surface area contributed by atoms with Gasteiger partial charge in [-0.1, -0.05) is 72.4 Å². The maximum atomic E-state index is 13.5. The van der Waals surface area contributed by atoms with E-state index in [4.69, 9.17) is 55.9 Å². The van der Waals surface area contributed by atoms with Crippen LogP contribution in [0.15, 0.2) is 54.6 Å². The van der Waals surface area contributed by atoms with E-state index in [1.807, 2.05) is 13.8 Å². The van der Waals surface area contributed by atoms with Crippen LogP contribution in [0.5, 0.6) is 5.88 Å². The lowest BCUT2D eigenvalue weighted by Gasteiger charge is -2.09. The Morgan fingerprint density at radius 2 is 1.47 bits per heavy atom. The molecule has 196 valence electrons. The van der Waals surface area contributed by atoms with Gasteiger partial charge < -0.3 is 9.47 Å². The van der Waals surface area contributed by atoms with Crippen LogP contribution in [0.2, 0.25) is 20.1 Å². The minimum Gasteiger partial charge on any atom is -0.449 e. The smallest absolute Gasteiger partial charge is 0.411 e. The fourth-order valence-electron chi connectivity index (χ4n) is 3.43. The van der Waals surface area contributed by atoms with Gasteiger partial charge in [0.15, 0.2) is 0 Å². The summed E-state index contributed by atoms with van der Waals surface area (Å²) >= 11 is 24.8. The van der Waals surface area contributed by atoms with Crippen LogP contribution < -0.4 is 10.1 Å². The molecule has 0 fully saturated rings. The summed E-state index contributed by atoms with van der Waals surface area (Å²) in [7, 11) is 0. The first-order chi connectivity index (χ1) is 18.1. The number of hydrogen-bond acceptors (Lipinski definition) is 6. The number of halogens is 4. The number of amides is 1. The van der Waals surface area contributed by atoms with E-state index in [2.05, 4.69) is 10.4 Å². The molecule has 8 nitrogen and oxygen atoms in total. The van der Waals surface area contributed by atoms with Gasteiger partial charge >= 0.3 is 12.1 Å². The minimum absolute atomic E-state index is 0.00622. The van der Waals surface area contributed by atoms with Crippen molar-refractivity contribution in [3.05, 3.63) is 85.8 Å². The molecule has 0 radical (unpaired) electrons. The van der Waals surface area contributed by atoms with Crippen LogP contribution in [-0.2, 0) is 4.74 Å². The van der Waals surface area contributed by atoms with E-state index in [9.17, 15) is 14.4 Å². The van der Waals surface area contributed by atoms with Crippen LogP contribution in [0, 0.1) is 5.92 Å². The largest absolute Gasteiger partial charge is 0.449 e. The highest BCUT2D eigenvalue weighted by molar-refractivity contribution is 6.40. The standard InChI is InChI=1S/C26H19Cl4N3O5/c1-13(2)12-37-26(36)31-14-9-10-20-15(11-14)23(38-25(35)22-18(29)7-4-8-19(22)30)32-33(20)24(34)21-16(27)5-3-6-17(21)28/h3-11,13H,12H2,1-2H3,(H,31,36). The van der Waals surface area contributed by atoms with Gasteiger partial charge in [-0.25, -0.2) is 9.59 Å². The first kappa shape index (κ1) is 27.7. The van der Waals surface area contributed by atoms with Gasteiger partial charge in [0.05, 0.1) is 48.7 Å². The molecule has 0 saturated heterocycles. The fraction of sp³-hybridized carbons (Fsp3) is 0.154. The molecule has 0 aliphatic heterocycles. The van der Waals surface area contributed by atoms with E-state index >= 15 is 0 Å². The molecule has 4 rings (SSSR count). The topological polar surface area (TPSA) is 99.5 Å². The Labute approximate surface area is 237 Å². The summed E-state index contributed by atoms with van der Waals surface area (Å²) in [6.45, 7) is 4.03. The molecule has 0 unspecified atom stereocenters. The van der Waals surface area contributed by atoms with E-state index < -0.39 is 18.0 Å². The molecule has 0 atom stereocenters. The summed E-state index contributed by atoms with van der Waals surface area (Å²) in [4.78, 5) is 38.7. The Hall–Kier alpha value is -3.30. The molecule has 0 aliphatic carbocycles. The second kappa shape index (κ2) is 11.6. The zero-order valence-electron chi connectivity index (χ0n) is 19.9. The van der Waals surface area contributed by atoms with Crippen LogP contribution in [-0.4, -0.2) is 34.4 Å². The number of esters is 1. The Bertz CT molecular complexity index is 1530. The van der Waals surface area contributed by atoms with Crippen LogP contribution in [0.25, 0.3) is 10.9 Å². The number of fused-ring (bicyclic) bond motifs is 1. The lowest BCUT2D eigenvalue weighted by atomic mass is 10.2. The first-order valence-electron chi connectivity index (χ1n) is 11.2. The van der Waals surface area contributed by atoms with Crippen molar-refractivity contribution < 1.29 is 23.9 Å². The Morgan fingerprint density at radius 1 is 0.895 bits per heavy atom. The van der Waals surface area contributed by atoms with Gasteiger partial charge in [0.25, 0.3) is 5.91 Å². The van der Waals surface area contributed by atoms with Gasteiger partial charge in [0.2, 0.25) is 5.88 Å². The monoisotopic (exact) mass is 593 g/mol. The van der Waals surface area contributed by atoms with Gasteiger partial charge in [-0.3, -0.25) is 10.1 Å². The number of rotatable bonds is 6. The number of ether oxygens (including phenoxy) is 2. The van der Waals surface area contributed by atoms with Crippen LogP contribution >= 0.6 is 46.4 Å². The van der Waals surface area contributed by atoms with Crippen molar-refractivity contribution in [2.45, 2.75) is 13.8 Å². The Balaban J connectivity index is 1.79. The fourth-order valence-corrected chi connectivity index (χ4v) is 4.55. The first-order valence-corrected chi connectivity index (χ1v) is 12.7. The lowest BCUT2D eigenvalue weighted by molar-refractivity contribution is 0.0725. The highest BCUT2D eigenvalue weighted by Gasteiger charge is 2.25. The molecule has 4 aromatic rings. The molecule has 1 heterocycles. The number of aromatic nitrogens is 2. The molecule has 1 aromatic heterocycles. The molecule has 0 saturated carbocycles. The summed E-state index contributed by atoms with van der Waals surface area (Å²) in [5.74, 6) is -1.66. The molecule has 0 spiro atoms. The molecular weight excluding hydrogens is 576 g/mol. The molecular formula is C26H19Cl4N3O5. The van der Waals surface area contributed by atoms with Gasteiger partial charge in [0, 0.05) is 5.69 Å². The maximum absolute atomic E-state index is 13.5. The predicted molar refractivity (Wildman–Crippen MR) is 147 cm³/mol. The van der Waals surface area contributed by atoms with Gasteiger partial charge in [-0.2, -0.15) is 4.68 Å². The zero-order valence-corrected chi connectivity index (χ0v) is 23.0. The lowest BCUT2D eigenvalue weighted by Crippen LogP contribution is -2.16. The van der Waals surface area contributed by atoms with Gasteiger partial charge in [-0.05, 0) is 48.4 Å². The van der Waals surface area contributed by atoms with Crippen LogP contribution in [0.1, 0.15) is 34.6 Å². The SMILES string of the molecule is CC(C)COC(=O)Nc1ccc2c(c1)c(OC(=O)c1c(Cl)cccc1Cl)nn2C(=O)c1c(Cl)cccc1Cl. The Morgan fingerprint density at radius 3 is 2.05 bits per heavy atom. The zero-order chi connectivity index (χ0) is 27.6. The van der Waals surface area contributed by atoms with Crippen molar-refractivity contribution in [1.29, 1.82) is 0 Å². The highest BCUT2D eigenvalue weighted by atomic mass is 35.5. The van der Waals surface area contributed by atoms with Crippen molar-refractivity contribution in [3.8, 4) is 5.88 Å². The second-order valence-electron chi connectivity index (χ2n) is 8.45. The van der Waals surface area contributed by atoms with E-state index in [1.54, 1.807) is 12.1 Å². The summed E-state index contributed by atoms with van der Waals surface area (Å²) in [6.07, 6.45) is -0.675. The Kier molecular flexibility index (Phi) is 8.47. The third-order valence-corrected chi connectivity index (χ3v) is 6.43. The number of nitrogens with zero attached hydrogens (tertiary/aromatic N) is 2. The number of hydrogen-bond donors (Lipinski definition) is 1. The average molecular weight is 595 g/mol. The predicted octanol–water partition coefficient (Wildman–Crippen LogP) is 7.76. The molecule has 0 bridgehead atoms. The summed E-state index contributed by atoms with van der Waals surface area (Å²) in [6, 6.07) is 13.7. The minimum atomic E-state index is -0.898.